The zero-order valence-corrected chi connectivity index (χ0v) is 20.7. The summed E-state index contributed by atoms with van der Waals surface area (Å²) in [7, 11) is 2.14. The summed E-state index contributed by atoms with van der Waals surface area (Å²) >= 11 is 0. The highest BCUT2D eigenvalue weighted by molar-refractivity contribution is 6.05. The van der Waals surface area contributed by atoms with E-state index in [2.05, 4.69) is 28.2 Å². The van der Waals surface area contributed by atoms with Gasteiger partial charge in [0, 0.05) is 63.2 Å². The number of fused-ring (bicyclic) bond motifs is 1. The highest BCUT2D eigenvalue weighted by Gasteiger charge is 2.39. The Morgan fingerprint density at radius 1 is 1.00 bits per heavy atom. The second-order valence-corrected chi connectivity index (χ2v) is 10.1. The van der Waals surface area contributed by atoms with Gasteiger partial charge in [0.05, 0.1) is 0 Å². The highest BCUT2D eigenvalue weighted by Crippen LogP contribution is 2.28. The van der Waals surface area contributed by atoms with Crippen molar-refractivity contribution in [3.63, 3.8) is 0 Å². The number of nitrogens with zero attached hydrogens (tertiary/aromatic N) is 3. The zero-order valence-electron chi connectivity index (χ0n) is 20.7. The van der Waals surface area contributed by atoms with Crippen LogP contribution in [0.15, 0.2) is 42.5 Å². The number of carbonyl (C=O) groups excluding carboxylic acids is 4. The smallest absolute Gasteiger partial charge is 0.255 e. The predicted octanol–water partition coefficient (Wildman–Crippen LogP) is 2.01. The minimum atomic E-state index is -0.620. The Morgan fingerprint density at radius 2 is 1.81 bits per heavy atom. The molecule has 8 nitrogen and oxygen atoms in total. The maximum Gasteiger partial charge on any atom is 0.255 e. The number of piperidine rings is 1. The second-order valence-electron chi connectivity index (χ2n) is 10.1. The molecule has 3 aliphatic rings. The minimum absolute atomic E-state index is 0.108. The van der Waals surface area contributed by atoms with Crippen LogP contribution in [0, 0.1) is 0 Å². The molecule has 0 saturated carbocycles. The van der Waals surface area contributed by atoms with Crippen LogP contribution in [0.4, 0.5) is 0 Å². The van der Waals surface area contributed by atoms with Gasteiger partial charge in [-0.15, -0.1) is 0 Å². The molecule has 2 aromatic carbocycles. The first-order valence-electron chi connectivity index (χ1n) is 12.7. The Bertz CT molecular complexity index is 1200. The zero-order chi connectivity index (χ0) is 25.2. The molecule has 188 valence electrons. The van der Waals surface area contributed by atoms with Crippen LogP contribution in [-0.4, -0.2) is 77.5 Å². The third-order valence-corrected chi connectivity index (χ3v) is 7.48. The van der Waals surface area contributed by atoms with Gasteiger partial charge in [-0.25, -0.2) is 0 Å². The summed E-state index contributed by atoms with van der Waals surface area (Å²) in [5, 5.41) is 2.33. The number of likely N-dealkylation sites (N-methyl/N-ethyl adjacent to an activating group) is 1. The normalized spacial score (nSPS) is 21.0. The standard InChI is InChI=1S/C28H32N4O4/c1-30-11-13-31(14-12-30)17-20-3-2-4-21(16-20)25(33)9-6-19-5-7-23-22(15-19)18-32(28(23)36)24-8-10-26(34)29-27(24)35/h2-5,7,15-16,24H,6,8-14,17-18H2,1H3,(H,29,34,35). The molecule has 0 aromatic heterocycles. The highest BCUT2D eigenvalue weighted by atomic mass is 16.2. The Hall–Kier alpha value is -3.36. The lowest BCUT2D eigenvalue weighted by Crippen LogP contribution is -2.52. The number of ketones is 1. The molecular weight excluding hydrogens is 456 g/mol. The van der Waals surface area contributed by atoms with Gasteiger partial charge in [0.1, 0.15) is 6.04 Å². The van der Waals surface area contributed by atoms with E-state index < -0.39 is 11.9 Å². The average Bonchev–Trinajstić information content (AvgIpc) is 3.19. The van der Waals surface area contributed by atoms with Crippen molar-refractivity contribution < 1.29 is 19.2 Å². The van der Waals surface area contributed by atoms with Gasteiger partial charge >= 0.3 is 0 Å². The van der Waals surface area contributed by atoms with E-state index in [1.165, 1.54) is 0 Å². The fourth-order valence-electron chi connectivity index (χ4n) is 5.29. The van der Waals surface area contributed by atoms with E-state index >= 15 is 0 Å². The van der Waals surface area contributed by atoms with E-state index in [-0.39, 0.29) is 24.0 Å². The van der Waals surface area contributed by atoms with Crippen LogP contribution in [0.3, 0.4) is 0 Å². The first-order chi connectivity index (χ1) is 17.4. The number of nitrogens with one attached hydrogen (secondary N) is 1. The maximum atomic E-state index is 13.0. The fourth-order valence-corrected chi connectivity index (χ4v) is 5.29. The quantitative estimate of drug-likeness (QED) is 0.474. The molecule has 2 fully saturated rings. The van der Waals surface area contributed by atoms with Gasteiger partial charge in [0.2, 0.25) is 11.8 Å². The van der Waals surface area contributed by atoms with Gasteiger partial charge in [-0.1, -0.05) is 30.3 Å². The van der Waals surface area contributed by atoms with Crippen LogP contribution >= 0.6 is 0 Å². The largest absolute Gasteiger partial charge is 0.322 e. The van der Waals surface area contributed by atoms with Crippen LogP contribution in [0.2, 0.25) is 0 Å². The minimum Gasteiger partial charge on any atom is -0.322 e. The summed E-state index contributed by atoms with van der Waals surface area (Å²) in [6.45, 7) is 5.41. The molecule has 5 rings (SSSR count). The number of piperazine rings is 1. The molecule has 1 unspecified atom stereocenters. The molecule has 8 heteroatoms. The number of amides is 3. The monoisotopic (exact) mass is 488 g/mol. The molecule has 0 spiro atoms. The van der Waals surface area contributed by atoms with Crippen molar-refractivity contribution in [3.8, 4) is 0 Å². The Labute approximate surface area is 211 Å². The summed E-state index contributed by atoms with van der Waals surface area (Å²) in [4.78, 5) is 55.8. The second kappa shape index (κ2) is 10.3. The van der Waals surface area contributed by atoms with E-state index in [9.17, 15) is 19.2 Å². The van der Waals surface area contributed by atoms with Gasteiger partial charge < -0.3 is 9.80 Å². The maximum absolute atomic E-state index is 13.0. The fraction of sp³-hybridized carbons (Fsp3) is 0.429. The molecule has 1 atom stereocenters. The molecule has 36 heavy (non-hydrogen) atoms. The van der Waals surface area contributed by atoms with Crippen LogP contribution < -0.4 is 5.32 Å². The molecule has 2 saturated heterocycles. The first kappa shape index (κ1) is 24.3. The van der Waals surface area contributed by atoms with Crippen LogP contribution in [0.25, 0.3) is 0 Å². The number of Topliss-reactive ketones (excluding diaryl/α,β-unsaturated/α-hetero) is 1. The van der Waals surface area contributed by atoms with Crippen molar-refractivity contribution in [2.45, 2.75) is 44.8 Å². The number of hydrogen-bond acceptors (Lipinski definition) is 6. The van der Waals surface area contributed by atoms with Crippen molar-refractivity contribution >= 4 is 23.5 Å². The first-order valence-corrected chi connectivity index (χ1v) is 12.7. The molecule has 2 aromatic rings. The van der Waals surface area contributed by atoms with Crippen molar-refractivity contribution in [3.05, 3.63) is 70.3 Å². The van der Waals surface area contributed by atoms with Crippen LogP contribution in [0.1, 0.15) is 56.7 Å². The third-order valence-electron chi connectivity index (χ3n) is 7.48. The van der Waals surface area contributed by atoms with E-state index in [1.807, 2.05) is 30.3 Å². The predicted molar refractivity (Wildman–Crippen MR) is 134 cm³/mol. The van der Waals surface area contributed by atoms with Gasteiger partial charge in [-0.05, 0) is 48.7 Å². The number of benzene rings is 2. The van der Waals surface area contributed by atoms with Crippen LogP contribution in [0.5, 0.6) is 0 Å². The molecule has 3 heterocycles. The number of hydrogen-bond donors (Lipinski definition) is 1. The van der Waals surface area contributed by atoms with Gasteiger partial charge in [0.25, 0.3) is 5.91 Å². The topological polar surface area (TPSA) is 90.0 Å². The van der Waals surface area contributed by atoms with Crippen molar-refractivity contribution in [2.24, 2.45) is 0 Å². The SMILES string of the molecule is CN1CCN(Cc2cccc(C(=O)CCc3ccc4c(c3)CN(C3CCC(=O)NC3=O)C4=O)c2)CC1. The molecule has 1 N–H and O–H groups in total. The van der Waals surface area contributed by atoms with Crippen molar-refractivity contribution in [1.29, 1.82) is 0 Å². The summed E-state index contributed by atoms with van der Waals surface area (Å²) in [6, 6.07) is 13.0. The van der Waals surface area contributed by atoms with Gasteiger partial charge in [0.15, 0.2) is 5.78 Å². The molecule has 3 aliphatic heterocycles. The average molecular weight is 489 g/mol. The molecule has 0 bridgehead atoms. The molecule has 0 aliphatic carbocycles. The van der Waals surface area contributed by atoms with E-state index in [0.29, 0.717) is 31.4 Å². The number of carbonyl (C=O) groups is 4. The van der Waals surface area contributed by atoms with Gasteiger partial charge in [-0.3, -0.25) is 29.4 Å². The lowest BCUT2D eigenvalue weighted by atomic mass is 9.99. The lowest BCUT2D eigenvalue weighted by Gasteiger charge is -2.32. The van der Waals surface area contributed by atoms with E-state index in [4.69, 9.17) is 0 Å². The van der Waals surface area contributed by atoms with E-state index in [0.717, 1.165) is 55.0 Å². The Balaban J connectivity index is 1.19. The Kier molecular flexibility index (Phi) is 6.98. The number of imide groups is 1. The molecule has 3 amide bonds. The molecular formula is C28H32N4O4. The summed E-state index contributed by atoms with van der Waals surface area (Å²) < 4.78 is 0. The van der Waals surface area contributed by atoms with Crippen LogP contribution in [-0.2, 0) is 29.1 Å². The number of aryl methyl sites for hydroxylation is 1. The number of rotatable bonds is 7. The summed E-state index contributed by atoms with van der Waals surface area (Å²) in [6.07, 6.45) is 1.56. The van der Waals surface area contributed by atoms with Crippen molar-refractivity contribution in [2.75, 3.05) is 33.2 Å². The van der Waals surface area contributed by atoms with E-state index in [1.54, 1.807) is 11.0 Å². The third kappa shape index (κ3) is 5.24. The van der Waals surface area contributed by atoms with Gasteiger partial charge in [-0.2, -0.15) is 0 Å². The summed E-state index contributed by atoms with van der Waals surface area (Å²) in [5.41, 5.74) is 4.35. The lowest BCUT2D eigenvalue weighted by molar-refractivity contribution is -0.136. The summed E-state index contributed by atoms with van der Waals surface area (Å²) in [5.74, 6) is -0.776. The Morgan fingerprint density at radius 3 is 2.58 bits per heavy atom. The molecule has 0 radical (unpaired) electrons. The van der Waals surface area contributed by atoms with Crippen molar-refractivity contribution in [1.82, 2.24) is 20.0 Å².